The Labute approximate surface area is 194 Å². The van der Waals surface area contributed by atoms with Crippen LogP contribution in [0.5, 0.6) is 11.5 Å². The van der Waals surface area contributed by atoms with Crippen molar-refractivity contribution in [3.05, 3.63) is 107 Å². The van der Waals surface area contributed by atoms with Crippen molar-refractivity contribution in [2.24, 2.45) is 4.99 Å². The van der Waals surface area contributed by atoms with Crippen molar-refractivity contribution in [2.45, 2.75) is 0 Å². The summed E-state index contributed by atoms with van der Waals surface area (Å²) >= 11 is 1.14. The Kier molecular flexibility index (Phi) is 5.54. The number of nitrogens with one attached hydrogen (secondary N) is 1. The summed E-state index contributed by atoms with van der Waals surface area (Å²) in [5, 5.41) is 2.96. The number of carbonyl (C=O) groups excluding carboxylic acids is 2. The minimum atomic E-state index is -0.411. The molecule has 3 aromatic rings. The summed E-state index contributed by atoms with van der Waals surface area (Å²) in [6, 6.07) is 23.8. The average Bonchev–Trinajstić information content (AvgIpc) is 3.23. The summed E-state index contributed by atoms with van der Waals surface area (Å²) in [4.78, 5) is 29.9. The highest BCUT2D eigenvalue weighted by atomic mass is 32.2. The Morgan fingerprint density at radius 2 is 1.70 bits per heavy atom. The molecule has 3 aromatic carbocycles. The number of fused-ring (bicyclic) bond motifs is 1. The van der Waals surface area contributed by atoms with Crippen molar-refractivity contribution in [1.29, 1.82) is 0 Å². The fourth-order valence-corrected chi connectivity index (χ4v) is 4.40. The van der Waals surface area contributed by atoms with E-state index in [1.165, 1.54) is 0 Å². The smallest absolute Gasteiger partial charge is 0.279 e. The van der Waals surface area contributed by atoms with Gasteiger partial charge in [0, 0.05) is 22.3 Å². The number of rotatable bonds is 3. The van der Waals surface area contributed by atoms with Gasteiger partial charge in [-0.2, -0.15) is 4.99 Å². The molecule has 162 valence electrons. The van der Waals surface area contributed by atoms with Gasteiger partial charge in [-0.05, 0) is 60.3 Å². The number of methoxy groups -OCH3 is 1. The molecule has 7 heteroatoms. The van der Waals surface area contributed by atoms with E-state index >= 15 is 0 Å². The Hall–Kier alpha value is -4.10. The summed E-state index contributed by atoms with van der Waals surface area (Å²) in [6.45, 7) is 0. The predicted molar refractivity (Wildman–Crippen MR) is 129 cm³/mol. The van der Waals surface area contributed by atoms with E-state index in [4.69, 9.17) is 9.47 Å². The van der Waals surface area contributed by atoms with Crippen LogP contribution in [0.3, 0.4) is 0 Å². The molecule has 1 saturated heterocycles. The van der Waals surface area contributed by atoms with Gasteiger partial charge in [0.05, 0.1) is 12.0 Å². The zero-order chi connectivity index (χ0) is 22.8. The summed E-state index contributed by atoms with van der Waals surface area (Å²) in [5.41, 5.74) is 2.81. The van der Waals surface area contributed by atoms with Crippen molar-refractivity contribution in [1.82, 2.24) is 5.32 Å². The molecule has 0 spiro atoms. The van der Waals surface area contributed by atoms with Crippen LogP contribution < -0.4 is 14.8 Å². The summed E-state index contributed by atoms with van der Waals surface area (Å²) in [6.07, 6.45) is 1.84. The van der Waals surface area contributed by atoms with E-state index in [1.54, 1.807) is 31.4 Å². The van der Waals surface area contributed by atoms with Gasteiger partial charge in [-0.25, -0.2) is 0 Å². The largest absolute Gasteiger partial charge is 0.497 e. The fraction of sp³-hybridized carbons (Fsp3) is 0.0385. The standard InChI is InChI=1S/C26H18N2O4S/c1-31-18-13-11-16(12-14-18)22-15-20(19-9-5-6-10-21(19)32-22)23-25(30)28-26(33-23)27-24(29)17-7-3-2-4-8-17/h2-15H,1H3,(H,27,28,29,30)/b23-20-. The molecule has 2 aliphatic heterocycles. The topological polar surface area (TPSA) is 77.0 Å². The molecule has 2 aliphatic rings. The molecule has 0 aromatic heterocycles. The van der Waals surface area contributed by atoms with Crippen LogP contribution in [0, 0.1) is 0 Å². The van der Waals surface area contributed by atoms with Crippen molar-refractivity contribution in [2.75, 3.05) is 7.11 Å². The molecular weight excluding hydrogens is 436 g/mol. The highest BCUT2D eigenvalue weighted by Gasteiger charge is 2.31. The lowest BCUT2D eigenvalue weighted by Crippen LogP contribution is -2.21. The van der Waals surface area contributed by atoms with E-state index in [0.29, 0.717) is 27.6 Å². The zero-order valence-electron chi connectivity index (χ0n) is 17.6. The van der Waals surface area contributed by atoms with Crippen molar-refractivity contribution in [3.63, 3.8) is 0 Å². The Morgan fingerprint density at radius 1 is 0.970 bits per heavy atom. The Bertz CT molecular complexity index is 1340. The first-order valence-corrected chi connectivity index (χ1v) is 11.0. The van der Waals surface area contributed by atoms with Crippen LogP contribution in [0.4, 0.5) is 0 Å². The number of benzene rings is 3. The number of amides is 2. The van der Waals surface area contributed by atoms with Crippen LogP contribution in [-0.2, 0) is 4.79 Å². The van der Waals surface area contributed by atoms with Gasteiger partial charge in [0.15, 0.2) is 5.17 Å². The third-order valence-electron chi connectivity index (χ3n) is 5.14. The second-order valence-electron chi connectivity index (χ2n) is 7.22. The van der Waals surface area contributed by atoms with E-state index in [2.05, 4.69) is 10.3 Å². The van der Waals surface area contributed by atoms with Crippen LogP contribution in [-0.4, -0.2) is 24.1 Å². The lowest BCUT2D eigenvalue weighted by Gasteiger charge is -2.21. The summed E-state index contributed by atoms with van der Waals surface area (Å²) in [5.74, 6) is 1.28. The number of para-hydroxylation sites is 1. The van der Waals surface area contributed by atoms with Crippen molar-refractivity contribution in [3.8, 4) is 11.5 Å². The first-order chi connectivity index (χ1) is 16.1. The molecule has 0 unspecified atom stereocenters. The second kappa shape index (κ2) is 8.80. The van der Waals surface area contributed by atoms with Gasteiger partial charge in [0.25, 0.3) is 11.8 Å². The Balaban J connectivity index is 1.54. The molecular formula is C26H18N2O4S. The minimum Gasteiger partial charge on any atom is -0.497 e. The number of nitrogens with zero attached hydrogens (tertiary/aromatic N) is 1. The molecule has 33 heavy (non-hydrogen) atoms. The third-order valence-corrected chi connectivity index (χ3v) is 6.14. The fourth-order valence-electron chi connectivity index (χ4n) is 3.51. The van der Waals surface area contributed by atoms with Crippen molar-refractivity contribution >= 4 is 40.1 Å². The number of ether oxygens (including phenoxy) is 2. The minimum absolute atomic E-state index is 0.250. The molecule has 2 heterocycles. The zero-order valence-corrected chi connectivity index (χ0v) is 18.4. The molecule has 0 atom stereocenters. The molecule has 0 saturated carbocycles. The number of aliphatic imine (C=N–C) groups is 1. The number of hydrogen-bond donors (Lipinski definition) is 1. The SMILES string of the molecule is COc1ccc(C2=C/C(=C3/SC(=NC(=O)c4ccccc4)NC3=O)c3ccccc3O2)cc1. The molecule has 0 bridgehead atoms. The summed E-state index contributed by atoms with van der Waals surface area (Å²) < 4.78 is 11.4. The second-order valence-corrected chi connectivity index (χ2v) is 8.22. The van der Waals surface area contributed by atoms with Crippen molar-refractivity contribution < 1.29 is 19.1 Å². The van der Waals surface area contributed by atoms with E-state index < -0.39 is 5.91 Å². The van der Waals surface area contributed by atoms with E-state index in [-0.39, 0.29) is 11.1 Å². The maximum Gasteiger partial charge on any atom is 0.279 e. The van der Waals surface area contributed by atoms with Crippen LogP contribution in [0.1, 0.15) is 21.5 Å². The molecule has 2 amide bonds. The number of allylic oxidation sites excluding steroid dienone is 2. The van der Waals surface area contributed by atoms with Gasteiger partial charge in [0.2, 0.25) is 0 Å². The van der Waals surface area contributed by atoms with Gasteiger partial charge in [0.1, 0.15) is 17.3 Å². The molecule has 1 fully saturated rings. The van der Waals surface area contributed by atoms with Gasteiger partial charge >= 0.3 is 0 Å². The quantitative estimate of drug-likeness (QED) is 0.570. The van der Waals surface area contributed by atoms with Gasteiger partial charge in [-0.3, -0.25) is 9.59 Å². The van der Waals surface area contributed by atoms with E-state index in [9.17, 15) is 9.59 Å². The maximum absolute atomic E-state index is 12.9. The molecule has 6 nitrogen and oxygen atoms in total. The molecule has 0 radical (unpaired) electrons. The van der Waals surface area contributed by atoms with Gasteiger partial charge < -0.3 is 14.8 Å². The number of thioether (sulfide) groups is 1. The monoisotopic (exact) mass is 454 g/mol. The van der Waals surface area contributed by atoms with E-state index in [0.717, 1.165) is 28.6 Å². The highest BCUT2D eigenvalue weighted by molar-refractivity contribution is 8.18. The highest BCUT2D eigenvalue weighted by Crippen LogP contribution is 2.42. The van der Waals surface area contributed by atoms with Crippen LogP contribution >= 0.6 is 11.8 Å². The number of hydrogen-bond acceptors (Lipinski definition) is 5. The molecule has 1 N–H and O–H groups in total. The van der Waals surface area contributed by atoms with Gasteiger partial charge in [-0.1, -0.05) is 36.4 Å². The normalized spacial score (nSPS) is 18.3. The van der Waals surface area contributed by atoms with Crippen LogP contribution in [0.15, 0.2) is 94.8 Å². The lowest BCUT2D eigenvalue weighted by atomic mass is 9.99. The van der Waals surface area contributed by atoms with Crippen LogP contribution in [0.2, 0.25) is 0 Å². The Morgan fingerprint density at radius 3 is 2.45 bits per heavy atom. The maximum atomic E-state index is 12.9. The third kappa shape index (κ3) is 4.18. The predicted octanol–water partition coefficient (Wildman–Crippen LogP) is 4.90. The molecule has 0 aliphatic carbocycles. The molecule has 5 rings (SSSR count). The first kappa shape index (κ1) is 20.8. The average molecular weight is 455 g/mol. The van der Waals surface area contributed by atoms with Crippen LogP contribution in [0.25, 0.3) is 11.3 Å². The number of carbonyl (C=O) groups is 2. The van der Waals surface area contributed by atoms with Gasteiger partial charge in [-0.15, -0.1) is 0 Å². The lowest BCUT2D eigenvalue weighted by molar-refractivity contribution is -0.115. The van der Waals surface area contributed by atoms with E-state index in [1.807, 2.05) is 60.7 Å². The number of amidine groups is 1. The first-order valence-electron chi connectivity index (χ1n) is 10.2. The summed E-state index contributed by atoms with van der Waals surface area (Å²) in [7, 11) is 1.61.